The third kappa shape index (κ3) is 6.44. The summed E-state index contributed by atoms with van der Waals surface area (Å²) in [4.78, 5) is 29.0. The average Bonchev–Trinajstić information content (AvgIpc) is 3.14. The lowest BCUT2D eigenvalue weighted by molar-refractivity contribution is -0.125. The van der Waals surface area contributed by atoms with E-state index in [1.807, 2.05) is 29.4 Å². The Morgan fingerprint density at radius 2 is 1.97 bits per heavy atom. The summed E-state index contributed by atoms with van der Waals surface area (Å²) >= 11 is -1.16. The van der Waals surface area contributed by atoms with Crippen LogP contribution in [0, 0.1) is 18.8 Å². The van der Waals surface area contributed by atoms with Gasteiger partial charge in [0.15, 0.2) is 0 Å². The molecule has 2 heterocycles. The van der Waals surface area contributed by atoms with Crippen molar-refractivity contribution in [1.29, 1.82) is 0 Å². The number of carbonyl (C=O) groups is 2. The predicted molar refractivity (Wildman–Crippen MR) is 137 cm³/mol. The molecule has 1 saturated carbocycles. The van der Waals surface area contributed by atoms with Crippen LogP contribution in [-0.2, 0) is 27.4 Å². The predicted octanol–water partition coefficient (Wildman–Crippen LogP) is 3.98. The summed E-state index contributed by atoms with van der Waals surface area (Å²) in [5.74, 6) is 1.22. The number of anilines is 1. The number of hydrogen-bond donors (Lipinski definition) is 2. The van der Waals surface area contributed by atoms with Crippen LogP contribution in [0.3, 0.4) is 0 Å². The molecule has 1 spiro atoms. The topological polar surface area (TPSA) is 96.9 Å². The van der Waals surface area contributed by atoms with Gasteiger partial charge in [0.05, 0.1) is 0 Å². The van der Waals surface area contributed by atoms with E-state index in [2.05, 4.69) is 10.6 Å². The highest BCUT2D eigenvalue weighted by Crippen LogP contribution is 2.37. The van der Waals surface area contributed by atoms with Crippen molar-refractivity contribution in [3.05, 3.63) is 29.3 Å². The van der Waals surface area contributed by atoms with Gasteiger partial charge < -0.3 is 15.2 Å². The molecular weight excluding hydrogens is 486 g/mol. The number of aryl methyl sites for hydroxylation is 2. The standard InChI is InChI=1S/C26H36F2N4O3S/c1-17-15-22(29-18(2)33)8-7-20(17)9-14-36(35)32-12-10-26(11-13-32)25(34)30-24(31-26)21-5-3-19(4-6-21)16-23(27)28/h7-8,15,19,21,23H,3-6,9-14,16H2,1-2H3,(H,29,33)(H,30,31,34)/t19-,21-,36?. The van der Waals surface area contributed by atoms with Gasteiger partial charge in [0.25, 0.3) is 5.91 Å². The molecule has 10 heteroatoms. The van der Waals surface area contributed by atoms with Crippen LogP contribution in [-0.4, -0.2) is 57.3 Å². The molecule has 36 heavy (non-hydrogen) atoms. The number of rotatable bonds is 8. The second kappa shape index (κ2) is 11.6. The quantitative estimate of drug-likeness (QED) is 0.505. The highest BCUT2D eigenvalue weighted by atomic mass is 32.2. The van der Waals surface area contributed by atoms with Crippen molar-refractivity contribution < 1.29 is 22.9 Å². The van der Waals surface area contributed by atoms with Crippen LogP contribution >= 0.6 is 0 Å². The minimum Gasteiger partial charge on any atom is -0.598 e. The van der Waals surface area contributed by atoms with Crippen LogP contribution in [0.2, 0.25) is 0 Å². The molecule has 1 atom stereocenters. The number of halogens is 2. The lowest BCUT2D eigenvalue weighted by Crippen LogP contribution is -2.51. The Bertz CT molecular complexity index is 989. The molecule has 1 saturated heterocycles. The number of amidine groups is 1. The molecule has 3 aliphatic rings. The van der Waals surface area contributed by atoms with Crippen LogP contribution in [0.1, 0.15) is 63.0 Å². The van der Waals surface area contributed by atoms with Crippen molar-refractivity contribution in [1.82, 2.24) is 9.62 Å². The van der Waals surface area contributed by atoms with Crippen molar-refractivity contribution in [3.8, 4) is 0 Å². The number of amides is 2. The molecule has 2 amide bonds. The molecule has 1 aliphatic carbocycles. The maximum absolute atomic E-state index is 13.0. The first-order chi connectivity index (χ1) is 17.1. The largest absolute Gasteiger partial charge is 0.598 e. The minimum atomic E-state index is -2.26. The highest BCUT2D eigenvalue weighted by molar-refractivity contribution is 7.89. The Morgan fingerprint density at radius 3 is 2.58 bits per heavy atom. The molecule has 2 fully saturated rings. The number of hydrogen-bond acceptors (Lipinski definition) is 5. The van der Waals surface area contributed by atoms with Gasteiger partial charge in [-0.3, -0.25) is 14.6 Å². The summed E-state index contributed by atoms with van der Waals surface area (Å²) < 4.78 is 40.3. The fraction of sp³-hybridized carbons (Fsp3) is 0.654. The second-order valence-electron chi connectivity index (χ2n) is 10.4. The molecule has 198 valence electrons. The summed E-state index contributed by atoms with van der Waals surface area (Å²) in [5.41, 5.74) is 2.11. The first-order valence-corrected chi connectivity index (χ1v) is 14.1. The lowest BCUT2D eigenvalue weighted by Gasteiger charge is -2.35. The average molecular weight is 523 g/mol. The summed E-state index contributed by atoms with van der Waals surface area (Å²) in [6.45, 7) is 4.53. The SMILES string of the molecule is CC(=O)Nc1ccc(CC[S+]([O-])N2CCC3(CC2)N=C([C@H]2CC[C@H](CC(F)F)CC2)NC3=O)c(C)c1. The van der Waals surface area contributed by atoms with Crippen LogP contribution in [0.25, 0.3) is 0 Å². The molecule has 0 radical (unpaired) electrons. The maximum atomic E-state index is 13.0. The van der Waals surface area contributed by atoms with E-state index >= 15 is 0 Å². The normalized spacial score (nSPS) is 25.1. The van der Waals surface area contributed by atoms with Gasteiger partial charge in [-0.05, 0) is 74.6 Å². The Labute approximate surface area is 214 Å². The molecule has 0 bridgehead atoms. The number of carbonyl (C=O) groups excluding carboxylic acids is 2. The zero-order chi connectivity index (χ0) is 25.9. The highest BCUT2D eigenvalue weighted by Gasteiger charge is 2.48. The van der Waals surface area contributed by atoms with Gasteiger partial charge in [-0.2, -0.15) is 0 Å². The van der Waals surface area contributed by atoms with Gasteiger partial charge in [0, 0.05) is 55.8 Å². The Balaban J connectivity index is 1.27. The van der Waals surface area contributed by atoms with Crippen LogP contribution in [0.15, 0.2) is 23.2 Å². The summed E-state index contributed by atoms with van der Waals surface area (Å²) in [7, 11) is 0. The van der Waals surface area contributed by atoms with Crippen molar-refractivity contribution in [2.24, 2.45) is 16.8 Å². The molecule has 7 nitrogen and oxygen atoms in total. The van der Waals surface area contributed by atoms with Crippen molar-refractivity contribution in [2.45, 2.75) is 77.2 Å². The van der Waals surface area contributed by atoms with Gasteiger partial charge in [0.2, 0.25) is 12.3 Å². The second-order valence-corrected chi connectivity index (χ2v) is 11.9. The molecule has 1 unspecified atom stereocenters. The van der Waals surface area contributed by atoms with Gasteiger partial charge in [-0.1, -0.05) is 6.07 Å². The number of nitrogens with one attached hydrogen (secondary N) is 2. The fourth-order valence-corrected chi connectivity index (χ4v) is 6.88. The van der Waals surface area contributed by atoms with Crippen molar-refractivity contribution >= 4 is 34.7 Å². The number of alkyl halides is 2. The monoisotopic (exact) mass is 522 g/mol. The van der Waals surface area contributed by atoms with Crippen molar-refractivity contribution in [3.63, 3.8) is 0 Å². The fourth-order valence-electron chi connectivity index (χ4n) is 5.64. The summed E-state index contributed by atoms with van der Waals surface area (Å²) in [6, 6.07) is 5.74. The maximum Gasteiger partial charge on any atom is 0.253 e. The minimum absolute atomic E-state index is 0.0373. The third-order valence-electron chi connectivity index (χ3n) is 7.79. The zero-order valence-corrected chi connectivity index (χ0v) is 21.8. The van der Waals surface area contributed by atoms with Gasteiger partial charge >= 0.3 is 0 Å². The zero-order valence-electron chi connectivity index (χ0n) is 21.0. The lowest BCUT2D eigenvalue weighted by atomic mass is 9.80. The smallest absolute Gasteiger partial charge is 0.253 e. The van der Waals surface area contributed by atoms with Gasteiger partial charge in [-0.25, -0.2) is 8.78 Å². The molecular formula is C26H36F2N4O3S. The van der Waals surface area contributed by atoms with Crippen LogP contribution in [0.4, 0.5) is 14.5 Å². The van der Waals surface area contributed by atoms with Gasteiger partial charge in [0.1, 0.15) is 17.1 Å². The number of benzene rings is 1. The summed E-state index contributed by atoms with van der Waals surface area (Å²) in [6.07, 6.45) is 2.49. The van der Waals surface area contributed by atoms with E-state index in [0.717, 1.165) is 48.3 Å². The van der Waals surface area contributed by atoms with E-state index in [0.29, 0.717) is 38.1 Å². The number of aliphatic imine (C=N–C) groups is 1. The molecule has 2 aliphatic heterocycles. The Hall–Kier alpha value is -2.04. The van der Waals surface area contributed by atoms with Crippen LogP contribution in [0.5, 0.6) is 0 Å². The molecule has 1 aromatic carbocycles. The Kier molecular flexibility index (Phi) is 8.67. The third-order valence-corrected chi connectivity index (χ3v) is 9.28. The molecule has 4 rings (SSSR count). The van der Waals surface area contributed by atoms with E-state index in [-0.39, 0.29) is 30.1 Å². The van der Waals surface area contributed by atoms with E-state index in [1.54, 1.807) is 0 Å². The van der Waals surface area contributed by atoms with E-state index in [1.165, 1.54) is 6.92 Å². The van der Waals surface area contributed by atoms with E-state index in [4.69, 9.17) is 4.99 Å². The number of nitrogens with zero attached hydrogens (tertiary/aromatic N) is 2. The van der Waals surface area contributed by atoms with Crippen LogP contribution < -0.4 is 10.6 Å². The number of piperidine rings is 1. The Morgan fingerprint density at radius 1 is 1.28 bits per heavy atom. The van der Waals surface area contributed by atoms with Gasteiger partial charge in [-0.15, -0.1) is 4.31 Å². The van der Waals surface area contributed by atoms with E-state index in [9.17, 15) is 22.9 Å². The van der Waals surface area contributed by atoms with Crippen molar-refractivity contribution in [2.75, 3.05) is 24.2 Å². The molecule has 2 N–H and O–H groups in total. The summed E-state index contributed by atoms with van der Waals surface area (Å²) in [5, 5.41) is 5.77. The molecule has 1 aromatic rings. The first kappa shape index (κ1) is 27.0. The first-order valence-electron chi connectivity index (χ1n) is 12.8. The van der Waals surface area contributed by atoms with E-state index < -0.39 is 23.3 Å². The molecule has 0 aromatic heterocycles.